The third-order valence-corrected chi connectivity index (χ3v) is 4.45. The summed E-state index contributed by atoms with van der Waals surface area (Å²) >= 11 is 0. The zero-order valence-electron chi connectivity index (χ0n) is 13.2. The van der Waals surface area contributed by atoms with Gasteiger partial charge in [-0.2, -0.15) is 0 Å². The maximum Gasteiger partial charge on any atom is 0.325 e. The molecule has 3 rings (SSSR count). The number of amides is 5. The average Bonchev–Trinajstić information content (AvgIpc) is 3.07. The molecule has 8 nitrogen and oxygen atoms in total. The molecular weight excluding hydrogens is 312 g/mol. The number of aryl methyl sites for hydroxylation is 1. The average molecular weight is 330 g/mol. The van der Waals surface area contributed by atoms with Gasteiger partial charge in [0.1, 0.15) is 12.1 Å². The molecule has 1 aromatic carbocycles. The minimum absolute atomic E-state index is 0.201. The fourth-order valence-corrected chi connectivity index (χ4v) is 3.20. The van der Waals surface area contributed by atoms with Crippen molar-refractivity contribution in [1.82, 2.24) is 20.9 Å². The van der Waals surface area contributed by atoms with Crippen molar-refractivity contribution in [3.8, 4) is 0 Å². The molecule has 126 valence electrons. The van der Waals surface area contributed by atoms with E-state index in [4.69, 9.17) is 0 Å². The van der Waals surface area contributed by atoms with E-state index in [0.717, 1.165) is 16.0 Å². The minimum Gasteiger partial charge on any atom is -0.358 e. The second-order valence-corrected chi connectivity index (χ2v) is 5.83. The molecular formula is C16H18N4O4. The number of nitrogens with zero attached hydrogens (tertiary/aromatic N) is 1. The summed E-state index contributed by atoms with van der Waals surface area (Å²) in [6.45, 7) is -0.613. The number of nitrogens with one attached hydrogen (secondary N) is 3. The fourth-order valence-electron chi connectivity index (χ4n) is 3.20. The van der Waals surface area contributed by atoms with Crippen LogP contribution < -0.4 is 16.0 Å². The maximum absolute atomic E-state index is 12.8. The molecule has 1 fully saturated rings. The molecule has 1 aliphatic heterocycles. The molecule has 1 spiro atoms. The Morgan fingerprint density at radius 3 is 2.75 bits per heavy atom. The zero-order valence-corrected chi connectivity index (χ0v) is 13.2. The van der Waals surface area contributed by atoms with Crippen LogP contribution in [0.3, 0.4) is 0 Å². The Morgan fingerprint density at radius 1 is 1.25 bits per heavy atom. The van der Waals surface area contributed by atoms with Crippen LogP contribution in [0.2, 0.25) is 0 Å². The van der Waals surface area contributed by atoms with Gasteiger partial charge in [0.05, 0.1) is 6.54 Å². The lowest BCUT2D eigenvalue weighted by Gasteiger charge is -2.22. The van der Waals surface area contributed by atoms with E-state index in [9.17, 15) is 19.2 Å². The summed E-state index contributed by atoms with van der Waals surface area (Å²) in [7, 11) is 1.45. The lowest BCUT2D eigenvalue weighted by molar-refractivity contribution is -0.135. The van der Waals surface area contributed by atoms with Gasteiger partial charge in [-0.3, -0.25) is 19.3 Å². The lowest BCUT2D eigenvalue weighted by atomic mass is 9.92. The summed E-state index contributed by atoms with van der Waals surface area (Å²) in [6.07, 6.45) is 1.17. The normalized spacial score (nSPS) is 21.6. The number of carbonyl (C=O) groups excluding carboxylic acids is 4. The van der Waals surface area contributed by atoms with Gasteiger partial charge in [-0.15, -0.1) is 0 Å². The Balaban J connectivity index is 1.74. The minimum atomic E-state index is -1.07. The molecule has 1 aromatic rings. The highest BCUT2D eigenvalue weighted by Gasteiger charge is 2.55. The Hall–Kier alpha value is -2.90. The van der Waals surface area contributed by atoms with E-state index >= 15 is 0 Å². The first-order valence-corrected chi connectivity index (χ1v) is 7.68. The Morgan fingerprint density at radius 2 is 2.00 bits per heavy atom. The largest absolute Gasteiger partial charge is 0.358 e. The zero-order chi connectivity index (χ0) is 17.3. The molecule has 0 aromatic heterocycles. The van der Waals surface area contributed by atoms with Crippen LogP contribution in [0.4, 0.5) is 4.79 Å². The van der Waals surface area contributed by atoms with E-state index in [2.05, 4.69) is 16.0 Å². The predicted octanol–water partition coefficient (Wildman–Crippen LogP) is -0.758. The van der Waals surface area contributed by atoms with Gasteiger partial charge >= 0.3 is 6.03 Å². The molecule has 8 heteroatoms. The Bertz CT molecular complexity index is 733. The number of urea groups is 1. The Labute approximate surface area is 138 Å². The first kappa shape index (κ1) is 16.0. The molecule has 0 bridgehead atoms. The highest BCUT2D eigenvalue weighted by molar-refractivity contribution is 6.10. The van der Waals surface area contributed by atoms with Crippen LogP contribution in [-0.4, -0.2) is 48.8 Å². The number of hydrogen-bond donors (Lipinski definition) is 3. The van der Waals surface area contributed by atoms with Crippen molar-refractivity contribution in [2.75, 3.05) is 20.1 Å². The van der Waals surface area contributed by atoms with Crippen molar-refractivity contribution in [1.29, 1.82) is 0 Å². The van der Waals surface area contributed by atoms with Gasteiger partial charge in [0.15, 0.2) is 0 Å². The van der Waals surface area contributed by atoms with E-state index in [0.29, 0.717) is 12.8 Å². The molecule has 1 aliphatic carbocycles. The molecule has 1 atom stereocenters. The molecule has 5 amide bonds. The van der Waals surface area contributed by atoms with Crippen molar-refractivity contribution < 1.29 is 19.2 Å². The van der Waals surface area contributed by atoms with Crippen molar-refractivity contribution >= 4 is 23.8 Å². The monoisotopic (exact) mass is 330 g/mol. The number of carbonyl (C=O) groups is 4. The summed E-state index contributed by atoms with van der Waals surface area (Å²) in [4.78, 5) is 49.0. The van der Waals surface area contributed by atoms with Gasteiger partial charge in [-0.1, -0.05) is 24.3 Å². The van der Waals surface area contributed by atoms with Gasteiger partial charge in [0, 0.05) is 7.05 Å². The van der Waals surface area contributed by atoms with Gasteiger partial charge in [-0.05, 0) is 24.0 Å². The number of rotatable bonds is 4. The van der Waals surface area contributed by atoms with Gasteiger partial charge in [-0.25, -0.2) is 4.79 Å². The van der Waals surface area contributed by atoms with Crippen LogP contribution in [0.15, 0.2) is 24.3 Å². The van der Waals surface area contributed by atoms with Crippen LogP contribution in [0.5, 0.6) is 0 Å². The fraction of sp³-hybridized carbons (Fsp3) is 0.375. The van der Waals surface area contributed by atoms with Crippen LogP contribution in [0.1, 0.15) is 17.5 Å². The summed E-state index contributed by atoms with van der Waals surface area (Å²) in [5.41, 5.74) is 0.739. The van der Waals surface area contributed by atoms with Crippen LogP contribution in [0, 0.1) is 0 Å². The standard InChI is InChI=1S/C16H18N4O4/c1-17-12(21)8-18-13(22)9-20-14(23)16(19-15(20)24)7-6-10-4-2-3-5-11(10)16/h2-5H,6-9H2,1H3,(H,17,21)(H,18,22)(H,19,24)/t16-/m1/s1. The van der Waals surface area contributed by atoms with Crippen LogP contribution >= 0.6 is 0 Å². The highest BCUT2D eigenvalue weighted by Crippen LogP contribution is 2.41. The van der Waals surface area contributed by atoms with Crippen LogP contribution in [-0.2, 0) is 26.3 Å². The van der Waals surface area contributed by atoms with Gasteiger partial charge in [0.25, 0.3) is 5.91 Å². The van der Waals surface area contributed by atoms with Crippen molar-refractivity contribution in [2.24, 2.45) is 0 Å². The predicted molar refractivity (Wildman–Crippen MR) is 83.8 cm³/mol. The summed E-state index contributed by atoms with van der Waals surface area (Å²) in [6, 6.07) is 6.89. The Kier molecular flexibility index (Phi) is 3.96. The molecule has 3 N–H and O–H groups in total. The van der Waals surface area contributed by atoms with Gasteiger partial charge in [0.2, 0.25) is 11.8 Å². The lowest BCUT2D eigenvalue weighted by Crippen LogP contribution is -2.45. The molecule has 2 aliphatic rings. The topological polar surface area (TPSA) is 108 Å². The molecule has 24 heavy (non-hydrogen) atoms. The van der Waals surface area contributed by atoms with E-state index in [1.807, 2.05) is 24.3 Å². The van der Waals surface area contributed by atoms with Crippen LogP contribution in [0.25, 0.3) is 0 Å². The maximum atomic E-state index is 12.8. The first-order valence-electron chi connectivity index (χ1n) is 7.68. The number of likely N-dealkylation sites (N-methyl/N-ethyl adjacent to an activating group) is 1. The number of imide groups is 1. The van der Waals surface area contributed by atoms with Crippen molar-refractivity contribution in [2.45, 2.75) is 18.4 Å². The highest BCUT2D eigenvalue weighted by atomic mass is 16.2. The molecule has 0 saturated carbocycles. The second-order valence-electron chi connectivity index (χ2n) is 5.83. The van der Waals surface area contributed by atoms with E-state index in [-0.39, 0.29) is 12.5 Å². The summed E-state index contributed by atoms with van der Waals surface area (Å²) < 4.78 is 0. The molecule has 1 saturated heterocycles. The molecule has 0 radical (unpaired) electrons. The quantitative estimate of drug-likeness (QED) is 0.631. The van der Waals surface area contributed by atoms with Crippen molar-refractivity contribution in [3.05, 3.63) is 35.4 Å². The third kappa shape index (κ3) is 2.49. The SMILES string of the molecule is CNC(=O)CNC(=O)CN1C(=O)N[C@@]2(CCc3ccccc32)C1=O. The van der Waals surface area contributed by atoms with E-state index < -0.39 is 29.9 Å². The number of benzene rings is 1. The van der Waals surface area contributed by atoms with E-state index in [1.165, 1.54) is 7.05 Å². The molecule has 0 unspecified atom stereocenters. The number of hydrogen-bond acceptors (Lipinski definition) is 4. The second kappa shape index (κ2) is 5.95. The summed E-state index contributed by atoms with van der Waals surface area (Å²) in [5.74, 6) is -1.35. The number of fused-ring (bicyclic) bond motifs is 2. The molecule has 1 heterocycles. The summed E-state index contributed by atoms with van der Waals surface area (Å²) in [5, 5.41) is 7.49. The van der Waals surface area contributed by atoms with E-state index in [1.54, 1.807) is 0 Å². The van der Waals surface area contributed by atoms with Crippen molar-refractivity contribution in [3.63, 3.8) is 0 Å². The first-order chi connectivity index (χ1) is 11.5. The smallest absolute Gasteiger partial charge is 0.325 e. The van der Waals surface area contributed by atoms with Gasteiger partial charge < -0.3 is 16.0 Å². The third-order valence-electron chi connectivity index (χ3n) is 4.45.